The molecule has 0 radical (unpaired) electrons. The predicted octanol–water partition coefficient (Wildman–Crippen LogP) is 2.50. The number of carbonyl (C=O) groups is 2. The lowest BCUT2D eigenvalue weighted by molar-refractivity contribution is -0.384. The number of nitro groups is 1. The molecule has 2 N–H and O–H groups in total. The highest BCUT2D eigenvalue weighted by Crippen LogP contribution is 2.13. The Hall–Kier alpha value is -3.28. The summed E-state index contributed by atoms with van der Waals surface area (Å²) in [5.74, 6) is -1.30. The van der Waals surface area contributed by atoms with E-state index in [0.717, 1.165) is 0 Å². The standard InChI is InChI=1S/C20H25N3O8/c1-2-29-14-31-10-3-4-18(20(25)22(26)12-15-9-11-30-13-15)21-19(24)16-5-7-17(8-6-16)23(27)28/h5-9,11,13,18,26H,2-4,10,12,14H2,1H3,(H,21,24)/t18-/m0/s1. The monoisotopic (exact) mass is 435 g/mol. The Balaban J connectivity index is 2.01. The normalized spacial score (nSPS) is 11.7. The molecule has 1 atom stereocenters. The van der Waals surface area contributed by atoms with Gasteiger partial charge in [-0.1, -0.05) is 0 Å². The summed E-state index contributed by atoms with van der Waals surface area (Å²) in [5, 5.41) is 24.0. The van der Waals surface area contributed by atoms with Gasteiger partial charge in [0.25, 0.3) is 17.5 Å². The molecule has 1 aromatic carbocycles. The average Bonchev–Trinajstić information content (AvgIpc) is 3.27. The van der Waals surface area contributed by atoms with Crippen molar-refractivity contribution in [2.75, 3.05) is 20.0 Å². The lowest BCUT2D eigenvalue weighted by Crippen LogP contribution is -2.47. The van der Waals surface area contributed by atoms with Gasteiger partial charge in [0.05, 0.1) is 24.0 Å². The number of hydrogen-bond acceptors (Lipinski definition) is 8. The highest BCUT2D eigenvalue weighted by molar-refractivity contribution is 5.97. The largest absolute Gasteiger partial charge is 0.472 e. The first-order chi connectivity index (χ1) is 14.9. The van der Waals surface area contributed by atoms with Gasteiger partial charge in [0.15, 0.2) is 0 Å². The van der Waals surface area contributed by atoms with E-state index in [2.05, 4.69) is 5.32 Å². The van der Waals surface area contributed by atoms with Gasteiger partial charge < -0.3 is 19.2 Å². The minimum atomic E-state index is -1.03. The molecule has 0 unspecified atom stereocenters. The van der Waals surface area contributed by atoms with Crippen LogP contribution >= 0.6 is 0 Å². The van der Waals surface area contributed by atoms with Crippen LogP contribution < -0.4 is 5.32 Å². The van der Waals surface area contributed by atoms with Crippen LogP contribution in [0.1, 0.15) is 35.7 Å². The summed E-state index contributed by atoms with van der Waals surface area (Å²) < 4.78 is 15.3. The second-order valence-electron chi connectivity index (χ2n) is 6.52. The topological polar surface area (TPSA) is 144 Å². The third-order valence-corrected chi connectivity index (χ3v) is 4.26. The van der Waals surface area contributed by atoms with E-state index >= 15 is 0 Å². The molecule has 168 valence electrons. The van der Waals surface area contributed by atoms with Crippen molar-refractivity contribution in [3.05, 3.63) is 64.1 Å². The zero-order valence-electron chi connectivity index (χ0n) is 17.1. The van der Waals surface area contributed by atoms with Gasteiger partial charge in [0.1, 0.15) is 12.8 Å². The van der Waals surface area contributed by atoms with Crippen molar-refractivity contribution in [2.24, 2.45) is 0 Å². The lowest BCUT2D eigenvalue weighted by Gasteiger charge is -2.23. The van der Waals surface area contributed by atoms with Crippen LogP contribution in [0.15, 0.2) is 47.3 Å². The fraction of sp³-hybridized carbons (Fsp3) is 0.400. The number of ether oxygens (including phenoxy) is 2. The number of rotatable bonds is 13. The van der Waals surface area contributed by atoms with E-state index in [1.807, 2.05) is 6.92 Å². The molecule has 0 bridgehead atoms. The maximum absolute atomic E-state index is 12.7. The van der Waals surface area contributed by atoms with Crippen molar-refractivity contribution in [3.63, 3.8) is 0 Å². The summed E-state index contributed by atoms with van der Waals surface area (Å²) in [7, 11) is 0. The number of carbonyl (C=O) groups excluding carboxylic acids is 2. The van der Waals surface area contributed by atoms with E-state index < -0.39 is 22.8 Å². The summed E-state index contributed by atoms with van der Waals surface area (Å²) in [6.07, 6.45) is 3.43. The van der Waals surface area contributed by atoms with Gasteiger partial charge in [-0.15, -0.1) is 0 Å². The Kier molecular flexibility index (Phi) is 9.62. The Morgan fingerprint density at radius 3 is 2.61 bits per heavy atom. The summed E-state index contributed by atoms with van der Waals surface area (Å²) in [6.45, 7) is 2.66. The molecule has 0 aliphatic heterocycles. The molecule has 2 aromatic rings. The number of hydroxylamine groups is 2. The summed E-state index contributed by atoms with van der Waals surface area (Å²) in [4.78, 5) is 35.5. The number of nitro benzene ring substituents is 1. The van der Waals surface area contributed by atoms with Gasteiger partial charge >= 0.3 is 0 Å². The maximum Gasteiger partial charge on any atom is 0.269 e. The smallest absolute Gasteiger partial charge is 0.269 e. The van der Waals surface area contributed by atoms with Crippen LogP contribution in [0.2, 0.25) is 0 Å². The van der Waals surface area contributed by atoms with Crippen molar-refractivity contribution in [3.8, 4) is 0 Å². The van der Waals surface area contributed by atoms with E-state index in [1.165, 1.54) is 36.8 Å². The Labute approximate surface area is 178 Å². The van der Waals surface area contributed by atoms with E-state index in [-0.39, 0.29) is 31.0 Å². The quantitative estimate of drug-likeness (QED) is 0.160. The van der Waals surface area contributed by atoms with E-state index in [0.29, 0.717) is 30.3 Å². The molecule has 1 aromatic heterocycles. The molecule has 11 heteroatoms. The van der Waals surface area contributed by atoms with Crippen LogP contribution in [0.3, 0.4) is 0 Å². The minimum Gasteiger partial charge on any atom is -0.472 e. The zero-order valence-corrected chi connectivity index (χ0v) is 17.1. The highest BCUT2D eigenvalue weighted by Gasteiger charge is 2.26. The van der Waals surface area contributed by atoms with Gasteiger partial charge in [-0.05, 0) is 38.0 Å². The molecule has 1 heterocycles. The number of nitrogens with zero attached hydrogens (tertiary/aromatic N) is 2. The van der Waals surface area contributed by atoms with Crippen LogP contribution in [-0.2, 0) is 20.8 Å². The predicted molar refractivity (Wildman–Crippen MR) is 107 cm³/mol. The Bertz CT molecular complexity index is 839. The SMILES string of the molecule is CCOCOCCC[C@H](NC(=O)c1ccc([N+](=O)[O-])cc1)C(=O)N(O)Cc1ccoc1. The molecule has 2 amide bonds. The number of furan rings is 1. The maximum atomic E-state index is 12.7. The average molecular weight is 435 g/mol. The second kappa shape index (κ2) is 12.4. The molecule has 11 nitrogen and oxygen atoms in total. The fourth-order valence-electron chi connectivity index (χ4n) is 2.64. The van der Waals surface area contributed by atoms with Crippen LogP contribution in [0.5, 0.6) is 0 Å². The minimum absolute atomic E-state index is 0.111. The first kappa shape index (κ1) is 24.0. The van der Waals surface area contributed by atoms with Gasteiger partial charge in [0.2, 0.25) is 0 Å². The number of non-ortho nitro benzene ring substituents is 1. The van der Waals surface area contributed by atoms with E-state index in [1.54, 1.807) is 6.07 Å². The highest BCUT2D eigenvalue weighted by atomic mass is 16.7. The molecule has 0 spiro atoms. The molecule has 0 aliphatic rings. The van der Waals surface area contributed by atoms with Gasteiger partial charge in [-0.3, -0.25) is 24.9 Å². The van der Waals surface area contributed by atoms with Crippen LogP contribution in [0.4, 0.5) is 5.69 Å². The summed E-state index contributed by atoms with van der Waals surface area (Å²) in [6, 6.07) is 5.55. The Morgan fingerprint density at radius 1 is 1.26 bits per heavy atom. The molecule has 0 fully saturated rings. The third-order valence-electron chi connectivity index (χ3n) is 4.26. The molecule has 0 aliphatic carbocycles. The third kappa shape index (κ3) is 7.81. The summed E-state index contributed by atoms with van der Waals surface area (Å²) >= 11 is 0. The van der Waals surface area contributed by atoms with E-state index in [9.17, 15) is 24.9 Å². The molecule has 31 heavy (non-hydrogen) atoms. The van der Waals surface area contributed by atoms with Crippen molar-refractivity contribution in [1.29, 1.82) is 0 Å². The molecule has 0 saturated heterocycles. The number of hydrogen-bond donors (Lipinski definition) is 2. The van der Waals surface area contributed by atoms with Crippen LogP contribution in [0, 0.1) is 10.1 Å². The fourth-order valence-corrected chi connectivity index (χ4v) is 2.64. The number of benzene rings is 1. The molecule has 0 saturated carbocycles. The molecule has 2 rings (SSSR count). The molecular formula is C20H25N3O8. The van der Waals surface area contributed by atoms with Crippen LogP contribution in [0.25, 0.3) is 0 Å². The van der Waals surface area contributed by atoms with Crippen LogP contribution in [-0.4, -0.2) is 53.1 Å². The van der Waals surface area contributed by atoms with Crippen molar-refractivity contribution < 1.29 is 33.6 Å². The second-order valence-corrected chi connectivity index (χ2v) is 6.52. The molecular weight excluding hydrogens is 410 g/mol. The van der Waals surface area contributed by atoms with E-state index in [4.69, 9.17) is 13.9 Å². The van der Waals surface area contributed by atoms with Crippen molar-refractivity contribution >= 4 is 17.5 Å². The number of nitrogens with one attached hydrogen (secondary N) is 1. The first-order valence-electron chi connectivity index (χ1n) is 9.64. The van der Waals surface area contributed by atoms with Gasteiger partial charge in [0, 0.05) is 36.5 Å². The number of amides is 2. The zero-order chi connectivity index (χ0) is 22.6. The van der Waals surface area contributed by atoms with Gasteiger partial charge in [-0.25, -0.2) is 5.06 Å². The van der Waals surface area contributed by atoms with Crippen molar-refractivity contribution in [2.45, 2.75) is 32.4 Å². The first-order valence-corrected chi connectivity index (χ1v) is 9.64. The summed E-state index contributed by atoms with van der Waals surface area (Å²) in [5.41, 5.74) is 0.573. The lowest BCUT2D eigenvalue weighted by atomic mass is 10.1. The van der Waals surface area contributed by atoms with Crippen molar-refractivity contribution in [1.82, 2.24) is 10.4 Å². The van der Waals surface area contributed by atoms with Gasteiger partial charge in [-0.2, -0.15) is 0 Å². The Morgan fingerprint density at radius 2 is 2.00 bits per heavy atom.